The number of benzene rings is 1. The summed E-state index contributed by atoms with van der Waals surface area (Å²) in [5, 5.41) is 12.6. The smallest absolute Gasteiger partial charge is 0.240 e. The summed E-state index contributed by atoms with van der Waals surface area (Å²) in [4.78, 5) is 14.6. The predicted molar refractivity (Wildman–Crippen MR) is 105 cm³/mol. The molecule has 2 heterocycles. The maximum atomic E-state index is 12.6. The Labute approximate surface area is 167 Å². The van der Waals surface area contributed by atoms with E-state index in [9.17, 15) is 18.3 Å². The summed E-state index contributed by atoms with van der Waals surface area (Å²) in [5.41, 5.74) is 1.01. The van der Waals surface area contributed by atoms with Crippen molar-refractivity contribution in [2.75, 3.05) is 26.2 Å². The predicted octanol–water partition coefficient (Wildman–Crippen LogP) is 0.657. The number of carbonyl (C=O) groups excluding carboxylic acids is 1. The van der Waals surface area contributed by atoms with E-state index in [4.69, 9.17) is 0 Å². The lowest BCUT2D eigenvalue weighted by molar-refractivity contribution is -0.135. The quantitative estimate of drug-likeness (QED) is 0.653. The average Bonchev–Trinajstić information content (AvgIpc) is 3.06. The molecule has 2 aliphatic rings. The van der Waals surface area contributed by atoms with Crippen LogP contribution in [-0.2, 0) is 14.8 Å². The van der Waals surface area contributed by atoms with Crippen LogP contribution < -0.4 is 10.0 Å². The van der Waals surface area contributed by atoms with Crippen LogP contribution in [0, 0.1) is 12.8 Å². The van der Waals surface area contributed by atoms with Gasteiger partial charge in [0.25, 0.3) is 0 Å². The van der Waals surface area contributed by atoms with Crippen LogP contribution in [0.4, 0.5) is 0 Å². The number of nitrogens with zero attached hydrogens (tertiary/aromatic N) is 1. The molecule has 1 amide bonds. The molecule has 2 aliphatic heterocycles. The van der Waals surface area contributed by atoms with Crippen LogP contribution >= 0.6 is 12.4 Å². The molecular weight excluding hydrogens is 390 g/mol. The molecular formula is C18H28ClN3O4S. The van der Waals surface area contributed by atoms with Gasteiger partial charge >= 0.3 is 0 Å². The Balaban J connectivity index is 0.00000261. The summed E-state index contributed by atoms with van der Waals surface area (Å²) in [7, 11) is -3.54. The number of aryl methyl sites for hydroxylation is 1. The molecule has 9 heteroatoms. The Morgan fingerprint density at radius 3 is 2.67 bits per heavy atom. The minimum absolute atomic E-state index is 0. The highest BCUT2D eigenvalue weighted by atomic mass is 35.5. The van der Waals surface area contributed by atoms with E-state index in [1.807, 2.05) is 6.92 Å². The first-order valence-corrected chi connectivity index (χ1v) is 10.6. The van der Waals surface area contributed by atoms with E-state index >= 15 is 0 Å². The van der Waals surface area contributed by atoms with Crippen molar-refractivity contribution in [2.45, 2.75) is 43.2 Å². The van der Waals surface area contributed by atoms with Gasteiger partial charge in [-0.1, -0.05) is 17.7 Å². The van der Waals surface area contributed by atoms with Crippen LogP contribution in [0.2, 0.25) is 0 Å². The highest BCUT2D eigenvalue weighted by Gasteiger charge is 2.33. The number of halogens is 1. The second-order valence-electron chi connectivity index (χ2n) is 7.31. The summed E-state index contributed by atoms with van der Waals surface area (Å²) in [5.74, 6) is 0.104. The van der Waals surface area contributed by atoms with Gasteiger partial charge in [0.15, 0.2) is 0 Å². The van der Waals surface area contributed by atoms with Gasteiger partial charge < -0.3 is 15.3 Å². The monoisotopic (exact) mass is 417 g/mol. The third-order valence-electron chi connectivity index (χ3n) is 5.13. The standard InChI is InChI=1S/C18H27N3O4S.ClH/c1-13-4-6-16(7-5-13)26(24,25)20-10-14-3-2-8-21(12-14)18(23)17-9-15(22)11-19-17;/h4-7,14-15,17,19-20,22H,2-3,8-12H2,1H3;1H. The Morgan fingerprint density at radius 1 is 1.33 bits per heavy atom. The molecule has 3 N–H and O–H groups in total. The van der Waals surface area contributed by atoms with E-state index in [0.29, 0.717) is 32.6 Å². The first kappa shape index (κ1) is 22.1. The van der Waals surface area contributed by atoms with E-state index in [-0.39, 0.29) is 35.2 Å². The van der Waals surface area contributed by atoms with Gasteiger partial charge in [0, 0.05) is 26.2 Å². The minimum Gasteiger partial charge on any atom is -0.392 e. The molecule has 152 valence electrons. The lowest BCUT2D eigenvalue weighted by atomic mass is 9.97. The zero-order chi connectivity index (χ0) is 18.7. The minimum atomic E-state index is -3.54. The van der Waals surface area contributed by atoms with E-state index < -0.39 is 16.1 Å². The van der Waals surface area contributed by atoms with E-state index in [1.165, 1.54) is 0 Å². The molecule has 3 unspecified atom stereocenters. The fraction of sp³-hybridized carbons (Fsp3) is 0.611. The zero-order valence-corrected chi connectivity index (χ0v) is 17.1. The van der Waals surface area contributed by atoms with Gasteiger partial charge in [-0.15, -0.1) is 12.4 Å². The molecule has 0 saturated carbocycles. The van der Waals surface area contributed by atoms with Crippen molar-refractivity contribution in [3.63, 3.8) is 0 Å². The van der Waals surface area contributed by atoms with Crippen LogP contribution in [0.1, 0.15) is 24.8 Å². The summed E-state index contributed by atoms with van der Waals surface area (Å²) < 4.78 is 27.5. The van der Waals surface area contributed by atoms with Gasteiger partial charge in [-0.25, -0.2) is 13.1 Å². The van der Waals surface area contributed by atoms with E-state index in [1.54, 1.807) is 29.2 Å². The first-order valence-electron chi connectivity index (χ1n) is 9.12. The van der Waals surface area contributed by atoms with E-state index in [2.05, 4.69) is 10.0 Å². The highest BCUT2D eigenvalue weighted by Crippen LogP contribution is 2.20. The van der Waals surface area contributed by atoms with Crippen LogP contribution in [0.15, 0.2) is 29.2 Å². The molecule has 7 nitrogen and oxygen atoms in total. The number of amides is 1. The summed E-state index contributed by atoms with van der Waals surface area (Å²) in [6, 6.07) is 6.43. The number of nitrogens with one attached hydrogen (secondary N) is 2. The second-order valence-corrected chi connectivity index (χ2v) is 9.07. The number of aliphatic hydroxyl groups is 1. The average molecular weight is 418 g/mol. The Bertz CT molecular complexity index is 741. The molecule has 3 atom stereocenters. The summed E-state index contributed by atoms with van der Waals surface area (Å²) >= 11 is 0. The van der Waals surface area contributed by atoms with Gasteiger partial charge in [0.1, 0.15) is 0 Å². The van der Waals surface area contributed by atoms with Gasteiger partial charge in [-0.3, -0.25) is 4.79 Å². The van der Waals surface area contributed by atoms with Crippen LogP contribution in [-0.4, -0.2) is 62.7 Å². The topological polar surface area (TPSA) is 98.7 Å². The number of rotatable bonds is 5. The lowest BCUT2D eigenvalue weighted by Crippen LogP contribution is -2.49. The van der Waals surface area contributed by atoms with Gasteiger partial charge in [-0.2, -0.15) is 0 Å². The van der Waals surface area contributed by atoms with Crippen molar-refractivity contribution in [3.8, 4) is 0 Å². The number of hydrogen-bond acceptors (Lipinski definition) is 5. The second kappa shape index (κ2) is 9.34. The van der Waals surface area contributed by atoms with Crippen LogP contribution in [0.3, 0.4) is 0 Å². The SMILES string of the molecule is Cc1ccc(S(=O)(=O)NCC2CCCN(C(=O)C3CC(O)CN3)C2)cc1.Cl. The number of hydrogen-bond donors (Lipinski definition) is 3. The van der Waals surface area contributed by atoms with Gasteiger partial charge in [0.05, 0.1) is 17.0 Å². The molecule has 1 aromatic carbocycles. The third kappa shape index (κ3) is 5.65. The first-order chi connectivity index (χ1) is 12.3. The number of likely N-dealkylation sites (tertiary alicyclic amines) is 1. The molecule has 0 radical (unpaired) electrons. The number of aliphatic hydroxyl groups excluding tert-OH is 1. The maximum absolute atomic E-state index is 12.6. The van der Waals surface area contributed by atoms with Crippen molar-refractivity contribution in [2.24, 2.45) is 5.92 Å². The van der Waals surface area contributed by atoms with Crippen molar-refractivity contribution in [1.29, 1.82) is 0 Å². The number of carbonyl (C=O) groups is 1. The van der Waals surface area contributed by atoms with Crippen LogP contribution in [0.25, 0.3) is 0 Å². The lowest BCUT2D eigenvalue weighted by Gasteiger charge is -2.34. The van der Waals surface area contributed by atoms with Gasteiger partial charge in [0.2, 0.25) is 15.9 Å². The Morgan fingerprint density at radius 2 is 2.04 bits per heavy atom. The zero-order valence-electron chi connectivity index (χ0n) is 15.4. The number of β-amino-alcohol motifs (C(OH)–C–C–N with tert-alkyl or cyclic N) is 1. The molecule has 2 fully saturated rings. The third-order valence-corrected chi connectivity index (χ3v) is 6.57. The van der Waals surface area contributed by atoms with Crippen molar-refractivity contribution in [3.05, 3.63) is 29.8 Å². The van der Waals surface area contributed by atoms with Crippen molar-refractivity contribution >= 4 is 28.3 Å². The molecule has 2 saturated heterocycles. The summed E-state index contributed by atoms with van der Waals surface area (Å²) in [6.45, 7) is 3.91. The van der Waals surface area contributed by atoms with Crippen molar-refractivity contribution < 1.29 is 18.3 Å². The molecule has 1 aromatic rings. The molecule has 27 heavy (non-hydrogen) atoms. The number of sulfonamides is 1. The van der Waals surface area contributed by atoms with Crippen LogP contribution in [0.5, 0.6) is 0 Å². The fourth-order valence-electron chi connectivity index (χ4n) is 3.59. The fourth-order valence-corrected chi connectivity index (χ4v) is 4.70. The normalized spacial score (nSPS) is 25.9. The largest absolute Gasteiger partial charge is 0.392 e. The van der Waals surface area contributed by atoms with Crippen molar-refractivity contribution in [1.82, 2.24) is 14.9 Å². The van der Waals surface area contributed by atoms with E-state index in [0.717, 1.165) is 18.4 Å². The molecule has 0 aliphatic carbocycles. The van der Waals surface area contributed by atoms with Gasteiger partial charge in [-0.05, 0) is 44.2 Å². The Hall–Kier alpha value is -1.19. The Kier molecular flexibility index (Phi) is 7.64. The maximum Gasteiger partial charge on any atom is 0.240 e. The molecule has 0 aromatic heterocycles. The molecule has 0 bridgehead atoms. The number of piperidine rings is 1. The molecule has 0 spiro atoms. The molecule has 3 rings (SSSR count). The highest BCUT2D eigenvalue weighted by molar-refractivity contribution is 7.89. The summed E-state index contributed by atoms with van der Waals surface area (Å²) in [6.07, 6.45) is 1.73.